The molecule has 3 rings (SSSR count). The van der Waals surface area contributed by atoms with Crippen LogP contribution in [0.2, 0.25) is 0 Å². The van der Waals surface area contributed by atoms with Gasteiger partial charge in [0, 0.05) is 29.8 Å². The summed E-state index contributed by atoms with van der Waals surface area (Å²) in [6, 6.07) is 10.0. The van der Waals surface area contributed by atoms with E-state index in [1.54, 1.807) is 6.20 Å². The number of benzene rings is 1. The average Bonchev–Trinajstić information content (AvgIpc) is 2.96. The molecular weight excluding hydrogens is 260 g/mol. The van der Waals surface area contributed by atoms with Crippen molar-refractivity contribution in [3.05, 3.63) is 67.2 Å². The molecule has 2 aromatic rings. The molecule has 0 spiro atoms. The fourth-order valence-electron chi connectivity index (χ4n) is 2.76. The van der Waals surface area contributed by atoms with Gasteiger partial charge in [-0.3, -0.25) is 4.99 Å². The lowest BCUT2D eigenvalue weighted by atomic mass is 9.86. The minimum atomic E-state index is 0.338. The molecule has 1 aromatic heterocycles. The second-order valence-corrected chi connectivity index (χ2v) is 5.14. The van der Waals surface area contributed by atoms with Gasteiger partial charge in [0.1, 0.15) is 5.76 Å². The van der Waals surface area contributed by atoms with E-state index in [4.69, 9.17) is 4.42 Å². The van der Waals surface area contributed by atoms with E-state index in [1.807, 2.05) is 36.4 Å². The molecule has 1 heterocycles. The fraction of sp³-hybridized carbons (Fsp3) is 0.222. The number of rotatable bonds is 4. The number of hydrogen-bond donors (Lipinski definition) is 0. The van der Waals surface area contributed by atoms with Crippen molar-refractivity contribution in [3.63, 3.8) is 0 Å². The molecule has 3 heteroatoms. The van der Waals surface area contributed by atoms with Crippen LogP contribution in [0.25, 0.3) is 11.5 Å². The maximum Gasteiger partial charge on any atom is 0.226 e. The second kappa shape index (κ2) is 5.92. The molecule has 0 radical (unpaired) electrons. The van der Waals surface area contributed by atoms with Crippen LogP contribution < -0.4 is 0 Å². The topological polar surface area (TPSA) is 38.4 Å². The van der Waals surface area contributed by atoms with E-state index in [0.717, 1.165) is 42.0 Å². The van der Waals surface area contributed by atoms with Crippen molar-refractivity contribution in [1.29, 1.82) is 0 Å². The number of hydrogen-bond acceptors (Lipinski definition) is 3. The third kappa shape index (κ3) is 2.72. The van der Waals surface area contributed by atoms with Gasteiger partial charge in [0.25, 0.3) is 0 Å². The lowest BCUT2D eigenvalue weighted by molar-refractivity contribution is 0.456. The lowest BCUT2D eigenvalue weighted by Crippen LogP contribution is -2.20. The van der Waals surface area contributed by atoms with Gasteiger partial charge in [0.2, 0.25) is 5.89 Å². The highest BCUT2D eigenvalue weighted by Gasteiger charge is 2.26. The molecule has 1 aliphatic carbocycles. The Labute approximate surface area is 124 Å². The summed E-state index contributed by atoms with van der Waals surface area (Å²) >= 11 is 0. The first kappa shape index (κ1) is 13.6. The molecule has 0 amide bonds. The first-order valence-electron chi connectivity index (χ1n) is 7.17. The SMILES string of the molecule is C=CN=C(C=C)C1CCc2nc(-c3ccccc3)oc2C1. The van der Waals surface area contributed by atoms with Gasteiger partial charge >= 0.3 is 0 Å². The van der Waals surface area contributed by atoms with Crippen molar-refractivity contribution < 1.29 is 4.42 Å². The van der Waals surface area contributed by atoms with Gasteiger partial charge in [0.15, 0.2) is 0 Å². The molecule has 106 valence electrons. The molecule has 0 N–H and O–H groups in total. The van der Waals surface area contributed by atoms with E-state index < -0.39 is 0 Å². The van der Waals surface area contributed by atoms with Crippen LogP contribution in [0.1, 0.15) is 17.9 Å². The first-order chi connectivity index (χ1) is 10.3. The molecular formula is C18H18N2O. The summed E-state index contributed by atoms with van der Waals surface area (Å²) < 4.78 is 5.97. The number of aryl methyl sites for hydroxylation is 1. The van der Waals surface area contributed by atoms with E-state index in [-0.39, 0.29) is 0 Å². The predicted octanol–water partition coefficient (Wildman–Crippen LogP) is 4.22. The molecule has 0 bridgehead atoms. The van der Waals surface area contributed by atoms with Crippen LogP contribution in [0.5, 0.6) is 0 Å². The minimum absolute atomic E-state index is 0.338. The van der Waals surface area contributed by atoms with Crippen LogP contribution in [0.3, 0.4) is 0 Å². The molecule has 0 saturated heterocycles. The molecule has 21 heavy (non-hydrogen) atoms. The van der Waals surface area contributed by atoms with Crippen molar-refractivity contribution in [2.75, 3.05) is 0 Å². The van der Waals surface area contributed by atoms with Crippen LogP contribution in [0.4, 0.5) is 0 Å². The number of allylic oxidation sites excluding steroid dienone is 1. The Morgan fingerprint density at radius 2 is 2.10 bits per heavy atom. The van der Waals surface area contributed by atoms with Crippen LogP contribution in [-0.4, -0.2) is 10.7 Å². The Kier molecular flexibility index (Phi) is 3.82. The quantitative estimate of drug-likeness (QED) is 0.785. The first-order valence-corrected chi connectivity index (χ1v) is 7.17. The zero-order valence-corrected chi connectivity index (χ0v) is 12.0. The van der Waals surface area contributed by atoms with E-state index in [2.05, 4.69) is 23.1 Å². The Bertz CT molecular complexity index is 682. The molecule has 0 saturated carbocycles. The maximum atomic E-state index is 5.97. The highest BCUT2D eigenvalue weighted by molar-refractivity contribution is 5.97. The van der Waals surface area contributed by atoms with Crippen molar-refractivity contribution in [1.82, 2.24) is 4.98 Å². The van der Waals surface area contributed by atoms with Crippen LogP contribution in [0, 0.1) is 5.92 Å². The minimum Gasteiger partial charge on any atom is -0.441 e. The fourth-order valence-corrected chi connectivity index (χ4v) is 2.76. The Balaban J connectivity index is 1.87. The number of fused-ring (bicyclic) bond motifs is 1. The lowest BCUT2D eigenvalue weighted by Gasteiger charge is -2.19. The van der Waals surface area contributed by atoms with Gasteiger partial charge < -0.3 is 4.42 Å². The summed E-state index contributed by atoms with van der Waals surface area (Å²) in [7, 11) is 0. The van der Waals surface area contributed by atoms with Gasteiger partial charge in [-0.05, 0) is 31.1 Å². The summed E-state index contributed by atoms with van der Waals surface area (Å²) in [5.41, 5.74) is 3.08. The summed E-state index contributed by atoms with van der Waals surface area (Å²) in [4.78, 5) is 8.94. The smallest absolute Gasteiger partial charge is 0.226 e. The highest BCUT2D eigenvalue weighted by Crippen LogP contribution is 2.30. The summed E-state index contributed by atoms with van der Waals surface area (Å²) in [5.74, 6) is 2.02. The molecule has 1 unspecified atom stereocenters. The van der Waals surface area contributed by atoms with Gasteiger partial charge in [-0.15, -0.1) is 0 Å². The number of nitrogens with zero attached hydrogens (tertiary/aromatic N) is 2. The van der Waals surface area contributed by atoms with Crippen molar-refractivity contribution >= 4 is 5.71 Å². The highest BCUT2D eigenvalue weighted by atomic mass is 16.4. The standard InChI is InChI=1S/C18H18N2O/c1-3-15(19-4-2)14-10-11-16-17(12-14)21-18(20-16)13-8-6-5-7-9-13/h3-9,14H,1-2,10-12H2. The monoisotopic (exact) mass is 278 g/mol. The van der Waals surface area contributed by atoms with Gasteiger partial charge in [-0.25, -0.2) is 4.98 Å². The Morgan fingerprint density at radius 3 is 2.81 bits per heavy atom. The van der Waals surface area contributed by atoms with E-state index in [9.17, 15) is 0 Å². The summed E-state index contributed by atoms with van der Waals surface area (Å²) in [6.45, 7) is 7.50. The predicted molar refractivity (Wildman–Crippen MR) is 85.3 cm³/mol. The molecule has 1 atom stereocenters. The van der Waals surface area contributed by atoms with E-state index in [1.165, 1.54) is 0 Å². The van der Waals surface area contributed by atoms with Crippen molar-refractivity contribution in [2.45, 2.75) is 19.3 Å². The third-order valence-electron chi connectivity index (χ3n) is 3.83. The van der Waals surface area contributed by atoms with E-state index in [0.29, 0.717) is 11.8 Å². The molecule has 1 aromatic carbocycles. The normalized spacial score (nSPS) is 18.1. The number of aromatic nitrogens is 1. The zero-order valence-electron chi connectivity index (χ0n) is 12.0. The zero-order chi connectivity index (χ0) is 14.7. The van der Waals surface area contributed by atoms with Crippen molar-refractivity contribution in [3.8, 4) is 11.5 Å². The third-order valence-corrected chi connectivity index (χ3v) is 3.83. The molecule has 1 aliphatic rings. The molecule has 0 aliphatic heterocycles. The van der Waals surface area contributed by atoms with Crippen LogP contribution in [0.15, 0.2) is 65.2 Å². The second-order valence-electron chi connectivity index (χ2n) is 5.14. The van der Waals surface area contributed by atoms with Crippen molar-refractivity contribution in [2.24, 2.45) is 10.9 Å². The Hall–Kier alpha value is -2.42. The summed E-state index contributed by atoms with van der Waals surface area (Å²) in [5, 5.41) is 0. The van der Waals surface area contributed by atoms with Gasteiger partial charge in [-0.1, -0.05) is 31.4 Å². The number of aliphatic imine (C=N–C) groups is 1. The van der Waals surface area contributed by atoms with Gasteiger partial charge in [0.05, 0.1) is 5.69 Å². The van der Waals surface area contributed by atoms with Gasteiger partial charge in [-0.2, -0.15) is 0 Å². The van der Waals surface area contributed by atoms with Crippen LogP contribution in [-0.2, 0) is 12.8 Å². The maximum absolute atomic E-state index is 5.97. The molecule has 3 nitrogen and oxygen atoms in total. The number of oxazole rings is 1. The largest absolute Gasteiger partial charge is 0.441 e. The average molecular weight is 278 g/mol. The van der Waals surface area contributed by atoms with E-state index >= 15 is 0 Å². The Morgan fingerprint density at radius 1 is 1.29 bits per heavy atom. The van der Waals surface area contributed by atoms with Crippen LogP contribution >= 0.6 is 0 Å². The molecule has 0 fully saturated rings. The summed E-state index contributed by atoms with van der Waals surface area (Å²) in [6.07, 6.45) is 6.15.